The maximum absolute atomic E-state index is 12.1. The summed E-state index contributed by atoms with van der Waals surface area (Å²) < 4.78 is 7.04. The number of rotatable bonds is 3. The van der Waals surface area contributed by atoms with Gasteiger partial charge in [-0.25, -0.2) is 9.78 Å². The lowest BCUT2D eigenvalue weighted by Gasteiger charge is -2.36. The first-order valence-electron chi connectivity index (χ1n) is 9.29. The van der Waals surface area contributed by atoms with Crippen LogP contribution in [0.1, 0.15) is 13.8 Å². The molecule has 1 amide bonds. The highest BCUT2D eigenvalue weighted by molar-refractivity contribution is 6.39. The van der Waals surface area contributed by atoms with Crippen LogP contribution in [0.15, 0.2) is 24.7 Å². The summed E-state index contributed by atoms with van der Waals surface area (Å²) in [5, 5.41) is 5.74. The Morgan fingerprint density at radius 2 is 2.04 bits per heavy atom. The summed E-state index contributed by atoms with van der Waals surface area (Å²) in [7, 11) is 1.87. The summed E-state index contributed by atoms with van der Waals surface area (Å²) in [6.07, 6.45) is 5.09. The van der Waals surface area contributed by atoms with Gasteiger partial charge in [0, 0.05) is 51.2 Å². The number of H-pyrrole nitrogens is 1. The fraction of sp³-hybridized carbons (Fsp3) is 0.421. The van der Waals surface area contributed by atoms with Crippen LogP contribution < -0.4 is 4.90 Å². The van der Waals surface area contributed by atoms with Crippen molar-refractivity contribution in [3.63, 3.8) is 0 Å². The molecule has 0 aromatic carbocycles. The Morgan fingerprint density at radius 1 is 1.29 bits per heavy atom. The maximum Gasteiger partial charge on any atom is 0.410 e. The lowest BCUT2D eigenvalue weighted by atomic mass is 10.2. The number of carbonyl (C=O) groups excluding carboxylic acids is 1. The minimum absolute atomic E-state index is 0.116. The lowest BCUT2D eigenvalue weighted by Crippen LogP contribution is -2.49. The topological polar surface area (TPSA) is 79.3 Å². The Labute approximate surface area is 168 Å². The van der Waals surface area contributed by atoms with Crippen molar-refractivity contribution in [2.45, 2.75) is 20.0 Å². The summed E-state index contributed by atoms with van der Waals surface area (Å²) in [6, 6.07) is 1.97. The number of halogens is 1. The Bertz CT molecular complexity index is 1000. The molecular formula is C19H23ClN6O2. The highest BCUT2D eigenvalue weighted by atomic mass is 35.5. The number of hydrogen-bond donors (Lipinski definition) is 1. The van der Waals surface area contributed by atoms with Crippen LogP contribution in [0.5, 0.6) is 0 Å². The quantitative estimate of drug-likeness (QED) is 0.727. The molecule has 8 nitrogen and oxygen atoms in total. The van der Waals surface area contributed by atoms with E-state index in [9.17, 15) is 4.79 Å². The van der Waals surface area contributed by atoms with E-state index in [0.717, 1.165) is 28.0 Å². The second kappa shape index (κ2) is 7.35. The SMILES string of the molecule is CC(C)OC(=O)N1CCN(c2ccnc3[nH]c(-c4cnn(C)c4)c(Cl)c23)CC1. The van der Waals surface area contributed by atoms with Crippen molar-refractivity contribution >= 4 is 34.4 Å². The zero-order valence-corrected chi connectivity index (χ0v) is 16.9. The third-order valence-corrected chi connectivity index (χ3v) is 5.20. The monoisotopic (exact) mass is 402 g/mol. The van der Waals surface area contributed by atoms with E-state index in [4.69, 9.17) is 16.3 Å². The summed E-state index contributed by atoms with van der Waals surface area (Å²) in [6.45, 7) is 6.33. The lowest BCUT2D eigenvalue weighted by molar-refractivity contribution is 0.0751. The molecule has 0 aliphatic carbocycles. The van der Waals surface area contributed by atoms with Gasteiger partial charge in [-0.1, -0.05) is 11.6 Å². The molecule has 1 N–H and O–H groups in total. The molecule has 1 saturated heterocycles. The predicted molar refractivity (Wildman–Crippen MR) is 109 cm³/mol. The van der Waals surface area contributed by atoms with E-state index >= 15 is 0 Å². The second-order valence-electron chi connectivity index (χ2n) is 7.18. The van der Waals surface area contributed by atoms with E-state index in [-0.39, 0.29) is 12.2 Å². The molecule has 0 saturated carbocycles. The zero-order valence-electron chi connectivity index (χ0n) is 16.1. The number of amides is 1. The van der Waals surface area contributed by atoms with Gasteiger partial charge >= 0.3 is 6.09 Å². The number of aromatic nitrogens is 4. The maximum atomic E-state index is 12.1. The van der Waals surface area contributed by atoms with Crippen molar-refractivity contribution in [1.82, 2.24) is 24.6 Å². The fourth-order valence-electron chi connectivity index (χ4n) is 3.48. The van der Waals surface area contributed by atoms with Crippen LogP contribution in [0.3, 0.4) is 0 Å². The molecule has 1 fully saturated rings. The third-order valence-electron chi connectivity index (χ3n) is 4.82. The number of ether oxygens (including phenoxy) is 1. The number of hydrogen-bond acceptors (Lipinski definition) is 5. The van der Waals surface area contributed by atoms with Crippen molar-refractivity contribution in [2.75, 3.05) is 31.1 Å². The van der Waals surface area contributed by atoms with Crippen LogP contribution in [0.2, 0.25) is 5.02 Å². The number of nitrogens with zero attached hydrogens (tertiary/aromatic N) is 5. The summed E-state index contributed by atoms with van der Waals surface area (Å²) in [5.41, 5.74) is 3.47. The van der Waals surface area contributed by atoms with Gasteiger partial charge in [-0.2, -0.15) is 5.10 Å². The molecule has 0 bridgehead atoms. The van der Waals surface area contributed by atoms with Crippen molar-refractivity contribution in [2.24, 2.45) is 7.05 Å². The molecule has 1 aliphatic heterocycles. The number of fused-ring (bicyclic) bond motifs is 1. The van der Waals surface area contributed by atoms with E-state index in [1.165, 1.54) is 0 Å². The van der Waals surface area contributed by atoms with Crippen molar-refractivity contribution in [3.05, 3.63) is 29.7 Å². The molecule has 3 aromatic rings. The first-order valence-corrected chi connectivity index (χ1v) is 9.67. The summed E-state index contributed by atoms with van der Waals surface area (Å²) in [5.74, 6) is 0. The Balaban J connectivity index is 1.60. The molecule has 1 aliphatic rings. The minimum atomic E-state index is -0.256. The van der Waals surface area contributed by atoms with E-state index in [2.05, 4.69) is 20.0 Å². The average molecular weight is 403 g/mol. The Hall–Kier alpha value is -2.74. The van der Waals surface area contributed by atoms with Gasteiger partial charge in [0.2, 0.25) is 0 Å². The average Bonchev–Trinajstić information content (AvgIpc) is 3.24. The largest absolute Gasteiger partial charge is 0.447 e. The highest BCUT2D eigenvalue weighted by Gasteiger charge is 2.25. The molecule has 4 heterocycles. The molecule has 0 unspecified atom stereocenters. The number of nitrogens with one attached hydrogen (secondary N) is 1. The van der Waals surface area contributed by atoms with Gasteiger partial charge in [0.25, 0.3) is 0 Å². The number of aromatic amines is 1. The van der Waals surface area contributed by atoms with Gasteiger partial charge in [-0.05, 0) is 19.9 Å². The van der Waals surface area contributed by atoms with Gasteiger partial charge in [0.15, 0.2) is 0 Å². The highest BCUT2D eigenvalue weighted by Crippen LogP contribution is 2.38. The normalized spacial score (nSPS) is 14.9. The summed E-state index contributed by atoms with van der Waals surface area (Å²) in [4.78, 5) is 23.9. The van der Waals surface area contributed by atoms with Crippen LogP contribution in [-0.2, 0) is 11.8 Å². The van der Waals surface area contributed by atoms with E-state index in [1.54, 1.807) is 22.0 Å². The molecule has 148 valence electrons. The Kier molecular flexibility index (Phi) is 4.89. The first-order chi connectivity index (χ1) is 13.4. The van der Waals surface area contributed by atoms with Crippen molar-refractivity contribution in [1.29, 1.82) is 0 Å². The number of aryl methyl sites for hydroxylation is 1. The number of piperazine rings is 1. The molecule has 0 atom stereocenters. The van der Waals surface area contributed by atoms with Gasteiger partial charge in [-0.15, -0.1) is 0 Å². The molecular weight excluding hydrogens is 380 g/mol. The van der Waals surface area contributed by atoms with Gasteiger partial charge in [0.05, 0.1) is 34.1 Å². The van der Waals surface area contributed by atoms with Crippen LogP contribution in [0, 0.1) is 0 Å². The molecule has 0 radical (unpaired) electrons. The van der Waals surface area contributed by atoms with Crippen molar-refractivity contribution < 1.29 is 9.53 Å². The Morgan fingerprint density at radius 3 is 2.68 bits per heavy atom. The van der Waals surface area contributed by atoms with Gasteiger partial charge in [0.1, 0.15) is 5.65 Å². The number of carbonyl (C=O) groups is 1. The van der Waals surface area contributed by atoms with Crippen molar-refractivity contribution in [3.8, 4) is 11.3 Å². The third kappa shape index (κ3) is 3.40. The van der Waals surface area contributed by atoms with Crippen LogP contribution >= 0.6 is 11.6 Å². The van der Waals surface area contributed by atoms with Gasteiger partial charge < -0.3 is 19.5 Å². The van der Waals surface area contributed by atoms with E-state index in [1.807, 2.05) is 33.2 Å². The molecule has 3 aromatic heterocycles. The smallest absolute Gasteiger partial charge is 0.410 e. The first kappa shape index (κ1) is 18.6. The number of pyridine rings is 1. The van der Waals surface area contributed by atoms with Crippen LogP contribution in [0.4, 0.5) is 10.5 Å². The minimum Gasteiger partial charge on any atom is -0.447 e. The van der Waals surface area contributed by atoms with Crippen LogP contribution in [0.25, 0.3) is 22.3 Å². The molecule has 0 spiro atoms. The molecule has 9 heteroatoms. The molecule has 28 heavy (non-hydrogen) atoms. The fourth-order valence-corrected chi connectivity index (χ4v) is 3.82. The van der Waals surface area contributed by atoms with Crippen LogP contribution in [-0.4, -0.2) is 63.0 Å². The van der Waals surface area contributed by atoms with E-state index < -0.39 is 0 Å². The molecule has 4 rings (SSSR count). The summed E-state index contributed by atoms with van der Waals surface area (Å²) >= 11 is 6.74. The predicted octanol–water partition coefficient (Wildman–Crippen LogP) is 3.28. The second-order valence-corrected chi connectivity index (χ2v) is 7.55. The van der Waals surface area contributed by atoms with E-state index in [0.29, 0.717) is 31.2 Å². The number of anilines is 1. The standard InChI is InChI=1S/C19H23ClN6O2/c1-12(2)28-19(27)26-8-6-25(7-9-26)14-4-5-21-18-15(14)16(20)17(23-18)13-10-22-24(3)11-13/h4-5,10-12H,6-9H2,1-3H3,(H,21,23). The van der Waals surface area contributed by atoms with Gasteiger partial charge in [-0.3, -0.25) is 4.68 Å². The zero-order chi connectivity index (χ0) is 19.8.